The van der Waals surface area contributed by atoms with E-state index in [1.807, 2.05) is 0 Å². The Balaban J connectivity index is 1.62. The molecule has 0 saturated carbocycles. The van der Waals surface area contributed by atoms with E-state index >= 15 is 0 Å². The third-order valence-corrected chi connectivity index (χ3v) is 6.31. The molecule has 3 rings (SSSR count). The summed E-state index contributed by atoms with van der Waals surface area (Å²) < 4.78 is 26.4. The van der Waals surface area contributed by atoms with Gasteiger partial charge in [-0.25, -0.2) is 8.42 Å². The minimum absolute atomic E-state index is 0.0308. The van der Waals surface area contributed by atoms with Crippen LogP contribution in [0.5, 0.6) is 0 Å². The van der Waals surface area contributed by atoms with Crippen LogP contribution in [0.1, 0.15) is 32.1 Å². The van der Waals surface area contributed by atoms with Crippen molar-refractivity contribution >= 4 is 21.6 Å². The van der Waals surface area contributed by atoms with Crippen LogP contribution in [0.4, 0.5) is 5.69 Å². The van der Waals surface area contributed by atoms with Crippen molar-refractivity contribution in [2.24, 2.45) is 5.92 Å². The minimum Gasteiger partial charge on any atom is -0.326 e. The first kappa shape index (κ1) is 16.2. The van der Waals surface area contributed by atoms with Crippen molar-refractivity contribution in [3.05, 3.63) is 36.4 Å². The number of nitrogens with one attached hydrogen (secondary N) is 1. The number of nitrogens with zero attached hydrogens (tertiary/aromatic N) is 1. The van der Waals surface area contributed by atoms with Crippen molar-refractivity contribution in [1.82, 2.24) is 4.31 Å². The Kier molecular flexibility index (Phi) is 4.82. The first-order valence-corrected chi connectivity index (χ1v) is 9.56. The van der Waals surface area contributed by atoms with Gasteiger partial charge >= 0.3 is 0 Å². The molecule has 1 aliphatic carbocycles. The van der Waals surface area contributed by atoms with Crippen LogP contribution in [0.15, 0.2) is 41.3 Å². The van der Waals surface area contributed by atoms with Gasteiger partial charge in [-0.1, -0.05) is 12.2 Å². The third-order valence-electron chi connectivity index (χ3n) is 4.40. The lowest BCUT2D eigenvalue weighted by molar-refractivity contribution is -0.116. The Hall–Kier alpha value is -1.66. The number of benzene rings is 1. The second-order valence-corrected chi connectivity index (χ2v) is 8.09. The molecule has 2 aliphatic rings. The fourth-order valence-corrected chi connectivity index (χ4v) is 4.62. The SMILES string of the molecule is O=C(CC1C=CCC1)Nc1ccc(S(=O)(=O)N2CCCC2)cc1. The number of sulfonamides is 1. The van der Waals surface area contributed by atoms with E-state index in [2.05, 4.69) is 17.5 Å². The van der Waals surface area contributed by atoms with Crippen LogP contribution in [0.25, 0.3) is 0 Å². The predicted octanol–water partition coefficient (Wildman–Crippen LogP) is 2.77. The number of hydrogen-bond acceptors (Lipinski definition) is 3. The quantitative estimate of drug-likeness (QED) is 0.842. The zero-order valence-electron chi connectivity index (χ0n) is 13.1. The maximum Gasteiger partial charge on any atom is 0.243 e. The van der Waals surface area contributed by atoms with E-state index in [4.69, 9.17) is 0 Å². The molecule has 124 valence electrons. The van der Waals surface area contributed by atoms with Gasteiger partial charge in [-0.15, -0.1) is 0 Å². The van der Waals surface area contributed by atoms with Crippen LogP contribution in [0.3, 0.4) is 0 Å². The summed E-state index contributed by atoms with van der Waals surface area (Å²) in [7, 11) is -3.39. The lowest BCUT2D eigenvalue weighted by atomic mass is 10.1. The maximum absolute atomic E-state index is 12.4. The highest BCUT2D eigenvalue weighted by molar-refractivity contribution is 7.89. The van der Waals surface area contributed by atoms with E-state index in [9.17, 15) is 13.2 Å². The Morgan fingerprint density at radius 1 is 1.17 bits per heavy atom. The largest absolute Gasteiger partial charge is 0.326 e. The molecule has 1 saturated heterocycles. The van der Waals surface area contributed by atoms with E-state index in [0.717, 1.165) is 25.7 Å². The number of amides is 1. The molecule has 1 fully saturated rings. The highest BCUT2D eigenvalue weighted by Crippen LogP contribution is 2.23. The van der Waals surface area contributed by atoms with E-state index in [1.54, 1.807) is 24.3 Å². The lowest BCUT2D eigenvalue weighted by Gasteiger charge is -2.15. The molecule has 0 aromatic heterocycles. The third kappa shape index (κ3) is 3.82. The normalized spacial score (nSPS) is 21.7. The highest BCUT2D eigenvalue weighted by Gasteiger charge is 2.26. The predicted molar refractivity (Wildman–Crippen MR) is 89.5 cm³/mol. The number of hydrogen-bond donors (Lipinski definition) is 1. The molecule has 6 heteroatoms. The number of carbonyl (C=O) groups excluding carboxylic acids is 1. The monoisotopic (exact) mass is 334 g/mol. The molecule has 23 heavy (non-hydrogen) atoms. The summed E-state index contributed by atoms with van der Waals surface area (Å²) in [6.07, 6.45) is 8.58. The van der Waals surface area contributed by atoms with Gasteiger partial charge in [-0.3, -0.25) is 4.79 Å². The molecule has 1 heterocycles. The molecule has 1 aromatic rings. The summed E-state index contributed by atoms with van der Waals surface area (Å²) in [4.78, 5) is 12.3. The first-order valence-electron chi connectivity index (χ1n) is 8.12. The molecule has 0 radical (unpaired) electrons. The van der Waals surface area contributed by atoms with Crippen LogP contribution in [0.2, 0.25) is 0 Å². The van der Waals surface area contributed by atoms with Gasteiger partial charge in [0.05, 0.1) is 4.90 Å². The Morgan fingerprint density at radius 3 is 2.48 bits per heavy atom. The van der Waals surface area contributed by atoms with Gasteiger partial charge in [0, 0.05) is 25.2 Å². The van der Waals surface area contributed by atoms with Gasteiger partial charge in [0.2, 0.25) is 15.9 Å². The standard InChI is InChI=1S/C17H22N2O3S/c20-17(13-14-5-1-2-6-14)18-15-7-9-16(10-8-15)23(21,22)19-11-3-4-12-19/h1,5,7-10,14H,2-4,6,11-13H2,(H,18,20). The number of allylic oxidation sites excluding steroid dienone is 2. The molecule has 1 N–H and O–H groups in total. The van der Waals surface area contributed by atoms with Crippen molar-refractivity contribution in [3.8, 4) is 0 Å². The molecule has 1 aromatic carbocycles. The summed E-state index contributed by atoms with van der Waals surface area (Å²) in [5, 5.41) is 2.84. The number of rotatable bonds is 5. The van der Waals surface area contributed by atoms with Gasteiger partial charge in [-0.05, 0) is 55.9 Å². The molecular weight excluding hydrogens is 312 g/mol. The summed E-state index contributed by atoms with van der Waals surface area (Å²) in [6, 6.07) is 6.45. The van der Waals surface area contributed by atoms with Crippen molar-refractivity contribution in [1.29, 1.82) is 0 Å². The fourth-order valence-electron chi connectivity index (χ4n) is 3.10. The van der Waals surface area contributed by atoms with Crippen molar-refractivity contribution in [2.45, 2.75) is 37.0 Å². The van der Waals surface area contributed by atoms with Crippen LogP contribution >= 0.6 is 0 Å². The Bertz CT molecular complexity index is 689. The van der Waals surface area contributed by atoms with E-state index < -0.39 is 10.0 Å². The average Bonchev–Trinajstić information content (AvgIpc) is 3.21. The molecule has 0 bridgehead atoms. The summed E-state index contributed by atoms with van der Waals surface area (Å²) in [6.45, 7) is 1.19. The molecular formula is C17H22N2O3S. The maximum atomic E-state index is 12.4. The van der Waals surface area contributed by atoms with Crippen LogP contribution in [-0.4, -0.2) is 31.7 Å². The zero-order valence-corrected chi connectivity index (χ0v) is 13.9. The molecule has 0 spiro atoms. The second-order valence-electron chi connectivity index (χ2n) is 6.15. The Labute approximate surface area is 137 Å². The van der Waals surface area contributed by atoms with Gasteiger partial charge < -0.3 is 5.32 Å². The molecule has 5 nitrogen and oxygen atoms in total. The van der Waals surface area contributed by atoms with E-state index in [-0.39, 0.29) is 10.8 Å². The average molecular weight is 334 g/mol. The zero-order chi connectivity index (χ0) is 16.3. The topological polar surface area (TPSA) is 66.5 Å². The van der Waals surface area contributed by atoms with Crippen LogP contribution in [0, 0.1) is 5.92 Å². The van der Waals surface area contributed by atoms with Crippen molar-refractivity contribution in [2.75, 3.05) is 18.4 Å². The van der Waals surface area contributed by atoms with Gasteiger partial charge in [0.25, 0.3) is 0 Å². The van der Waals surface area contributed by atoms with Crippen LogP contribution in [-0.2, 0) is 14.8 Å². The Morgan fingerprint density at radius 2 is 1.87 bits per heavy atom. The molecule has 1 amide bonds. The number of carbonyl (C=O) groups is 1. The minimum atomic E-state index is -3.39. The van der Waals surface area contributed by atoms with Gasteiger partial charge in [-0.2, -0.15) is 4.31 Å². The molecule has 1 aliphatic heterocycles. The van der Waals surface area contributed by atoms with Crippen molar-refractivity contribution in [3.63, 3.8) is 0 Å². The second kappa shape index (κ2) is 6.84. The number of anilines is 1. The van der Waals surface area contributed by atoms with Crippen LogP contribution < -0.4 is 5.32 Å². The first-order chi connectivity index (χ1) is 11.1. The highest BCUT2D eigenvalue weighted by atomic mass is 32.2. The fraction of sp³-hybridized carbons (Fsp3) is 0.471. The summed E-state index contributed by atoms with van der Waals surface area (Å²) >= 11 is 0. The molecule has 1 unspecified atom stereocenters. The van der Waals surface area contributed by atoms with Crippen molar-refractivity contribution < 1.29 is 13.2 Å². The van der Waals surface area contributed by atoms with Gasteiger partial charge in [0.1, 0.15) is 0 Å². The summed E-state index contributed by atoms with van der Waals surface area (Å²) in [5.74, 6) is 0.293. The van der Waals surface area contributed by atoms with E-state index in [0.29, 0.717) is 31.1 Å². The lowest BCUT2D eigenvalue weighted by Crippen LogP contribution is -2.27. The summed E-state index contributed by atoms with van der Waals surface area (Å²) in [5.41, 5.74) is 0.636. The molecule has 1 atom stereocenters. The van der Waals surface area contributed by atoms with Gasteiger partial charge in [0.15, 0.2) is 0 Å². The van der Waals surface area contributed by atoms with E-state index in [1.165, 1.54) is 4.31 Å². The smallest absolute Gasteiger partial charge is 0.243 e.